The summed E-state index contributed by atoms with van der Waals surface area (Å²) in [5.41, 5.74) is -0.485. The van der Waals surface area contributed by atoms with E-state index in [0.717, 1.165) is 70.6 Å². The first-order valence-electron chi connectivity index (χ1n) is 17.6. The fourth-order valence-corrected chi connectivity index (χ4v) is 9.93. The molecule has 0 aromatic carbocycles. The zero-order chi connectivity index (χ0) is 30.7. The fourth-order valence-electron chi connectivity index (χ4n) is 9.93. The average Bonchev–Trinajstić information content (AvgIpc) is 3.64. The zero-order valence-corrected chi connectivity index (χ0v) is 26.8. The molecule has 3 saturated carbocycles. The highest BCUT2D eigenvalue weighted by Crippen LogP contribution is 2.56. The van der Waals surface area contributed by atoms with Gasteiger partial charge < -0.3 is 43.2 Å². The van der Waals surface area contributed by atoms with E-state index in [1.807, 2.05) is 13.8 Å². The molecule has 3 spiro atoms. The predicted octanol–water partition coefficient (Wildman–Crippen LogP) is 5.77. The largest absolute Gasteiger partial charge is 0.393 e. The van der Waals surface area contributed by atoms with Crippen molar-refractivity contribution in [3.8, 4) is 0 Å². The molecular weight excluding hydrogens is 560 g/mol. The third kappa shape index (κ3) is 5.63. The van der Waals surface area contributed by atoms with Gasteiger partial charge in [0.1, 0.15) is 6.10 Å². The van der Waals surface area contributed by atoms with Crippen molar-refractivity contribution in [3.63, 3.8) is 0 Å². The van der Waals surface area contributed by atoms with Crippen LogP contribution in [0.25, 0.3) is 9.69 Å². The van der Waals surface area contributed by atoms with Crippen molar-refractivity contribution < 1.29 is 33.5 Å². The summed E-state index contributed by atoms with van der Waals surface area (Å²) in [6.07, 6.45) is 15.6. The van der Waals surface area contributed by atoms with Crippen LogP contribution in [0.4, 0.5) is 0 Å². The van der Waals surface area contributed by atoms with Gasteiger partial charge in [0.05, 0.1) is 60.0 Å². The molecule has 9 nitrogen and oxygen atoms in total. The van der Waals surface area contributed by atoms with Crippen LogP contribution in [-0.4, -0.2) is 89.1 Å². The Kier molecular flexibility index (Phi) is 8.58. The van der Waals surface area contributed by atoms with E-state index in [1.54, 1.807) is 0 Å². The third-order valence-electron chi connectivity index (χ3n) is 12.3. The Hall–Kier alpha value is -1.30. The van der Waals surface area contributed by atoms with Crippen molar-refractivity contribution in [1.82, 2.24) is 0 Å². The number of aliphatic hydroxyl groups excluding tert-OH is 1. The number of fused-ring (bicyclic) bond motifs is 4. The minimum Gasteiger partial charge on any atom is -0.393 e. The van der Waals surface area contributed by atoms with Gasteiger partial charge in [0.25, 0.3) is 0 Å². The molecule has 5 heterocycles. The molecule has 0 aromatic rings. The molecule has 0 aromatic heterocycles. The van der Waals surface area contributed by atoms with Gasteiger partial charge in [0, 0.05) is 71.1 Å². The number of hydrogen-bond donors (Lipinski definition) is 1. The van der Waals surface area contributed by atoms with Gasteiger partial charge in [-0.1, -0.05) is 13.3 Å². The van der Waals surface area contributed by atoms with Crippen LogP contribution in [0, 0.1) is 19.1 Å². The molecule has 1 N–H and O–H groups in total. The highest BCUT2D eigenvalue weighted by atomic mass is 16.8. The van der Waals surface area contributed by atoms with Crippen molar-refractivity contribution in [2.75, 3.05) is 0 Å². The molecule has 5 aliphatic heterocycles. The molecule has 8 fully saturated rings. The first-order valence-corrected chi connectivity index (χ1v) is 17.6. The topological polar surface area (TPSA) is 84.3 Å². The van der Waals surface area contributed by atoms with E-state index in [9.17, 15) is 5.11 Å². The van der Waals surface area contributed by atoms with Crippen LogP contribution in [0.3, 0.4) is 0 Å². The normalized spacial score (nSPS) is 49.3. The highest BCUT2D eigenvalue weighted by Gasteiger charge is 2.65. The minimum atomic E-state index is -0.347. The van der Waals surface area contributed by atoms with Crippen LogP contribution in [0.15, 0.2) is 0 Å². The summed E-state index contributed by atoms with van der Waals surface area (Å²) in [7, 11) is 0. The molecule has 5 saturated heterocycles. The Morgan fingerprint density at radius 1 is 0.705 bits per heavy atom. The smallest absolute Gasteiger partial charge is 0.223 e. The Labute approximate surface area is 263 Å². The van der Waals surface area contributed by atoms with Gasteiger partial charge in [0.2, 0.25) is 12.1 Å². The Morgan fingerprint density at radius 3 is 1.86 bits per heavy atom. The average molecular weight is 613 g/mol. The summed E-state index contributed by atoms with van der Waals surface area (Å²) < 4.78 is 38.5. The van der Waals surface area contributed by atoms with Gasteiger partial charge in [-0.2, -0.15) is 0 Å². The summed E-state index contributed by atoms with van der Waals surface area (Å²) >= 11 is 0. The fraction of sp³-hybridized carbons (Fsp3) is 0.943. The number of aliphatic hydroxyl groups is 1. The Balaban J connectivity index is 0.000000148. The van der Waals surface area contributed by atoms with E-state index in [4.69, 9.17) is 41.6 Å². The van der Waals surface area contributed by atoms with Gasteiger partial charge in [-0.05, 0) is 38.5 Å². The molecule has 8 aliphatic rings. The van der Waals surface area contributed by atoms with Crippen molar-refractivity contribution >= 4 is 0 Å². The van der Waals surface area contributed by atoms with Crippen LogP contribution in [0.2, 0.25) is 0 Å². The molecule has 14 atom stereocenters. The lowest BCUT2D eigenvalue weighted by molar-refractivity contribution is -0.215. The first-order chi connectivity index (χ1) is 21.2. The lowest BCUT2D eigenvalue weighted by Crippen LogP contribution is -2.53. The van der Waals surface area contributed by atoms with E-state index in [2.05, 4.69) is 16.6 Å². The molecule has 3 aliphatic carbocycles. The summed E-state index contributed by atoms with van der Waals surface area (Å²) in [6.45, 7) is 20.3. The summed E-state index contributed by atoms with van der Waals surface area (Å²) in [4.78, 5) is 7.21. The van der Waals surface area contributed by atoms with E-state index in [0.29, 0.717) is 6.42 Å². The summed E-state index contributed by atoms with van der Waals surface area (Å²) in [6, 6.07) is 0.0486. The number of ether oxygens (including phenoxy) is 6. The molecule has 2 unspecified atom stereocenters. The molecule has 8 rings (SSSR count). The van der Waals surface area contributed by atoms with Crippen LogP contribution in [0.1, 0.15) is 117 Å². The van der Waals surface area contributed by atoms with Crippen molar-refractivity contribution in [1.29, 1.82) is 0 Å². The Morgan fingerprint density at radius 2 is 1.25 bits per heavy atom. The van der Waals surface area contributed by atoms with Crippen LogP contribution >= 0.6 is 0 Å². The lowest BCUT2D eigenvalue weighted by Gasteiger charge is -2.44. The van der Waals surface area contributed by atoms with Crippen LogP contribution in [0.5, 0.6) is 0 Å². The second-order valence-electron chi connectivity index (χ2n) is 15.5. The van der Waals surface area contributed by atoms with E-state index in [1.165, 1.54) is 19.3 Å². The molecule has 0 amide bonds. The highest BCUT2D eigenvalue weighted by molar-refractivity contribution is 5.13. The maximum atomic E-state index is 10.2. The quantitative estimate of drug-likeness (QED) is 0.404. The van der Waals surface area contributed by atoms with E-state index in [-0.39, 0.29) is 89.9 Å². The SMILES string of the molecule is [C-]#[N+][C@H](C)C[C@H]1CC[C@@H]2O[C@@H]3C[C@]2(C[C@@H](O)C3C)O1.[C-]#[N+][C@H](C)C[C@H]1CC[C@@H]2O[C@@H]3C[C@]2(C[C@H]2OC4(CCCCC4)OC32)O1. The molecule has 44 heavy (non-hydrogen) atoms. The maximum absolute atomic E-state index is 10.2. The lowest BCUT2D eigenvalue weighted by atomic mass is 9.73. The summed E-state index contributed by atoms with van der Waals surface area (Å²) in [5.74, 6) is -0.138. The number of rotatable bonds is 4. The molecular formula is C35H52N2O7. The molecule has 4 bridgehead atoms. The van der Waals surface area contributed by atoms with E-state index >= 15 is 0 Å². The Bertz CT molecular complexity index is 1130. The molecule has 244 valence electrons. The monoisotopic (exact) mass is 612 g/mol. The van der Waals surface area contributed by atoms with Crippen molar-refractivity contribution in [2.45, 2.75) is 201 Å². The molecule has 9 heteroatoms. The van der Waals surface area contributed by atoms with Crippen LogP contribution < -0.4 is 0 Å². The van der Waals surface area contributed by atoms with Gasteiger partial charge in [-0.3, -0.25) is 0 Å². The zero-order valence-electron chi connectivity index (χ0n) is 26.8. The minimum absolute atomic E-state index is 0.0171. The van der Waals surface area contributed by atoms with Crippen molar-refractivity contribution in [2.24, 2.45) is 5.92 Å². The van der Waals surface area contributed by atoms with Gasteiger partial charge in [-0.15, -0.1) is 0 Å². The first kappa shape index (κ1) is 31.3. The van der Waals surface area contributed by atoms with Crippen LogP contribution in [-0.2, 0) is 28.4 Å². The number of hydrogen-bond acceptors (Lipinski definition) is 7. The maximum Gasteiger partial charge on any atom is 0.223 e. The standard InChI is InChI=1S/C20H29NO4.C15H23NO3/c1-13(21-2)10-14-6-7-17-19(23-14)11-15(22-17)18-16(12-19)24-20(25-18)8-4-3-5-9-20;1-9(16-3)6-11-4-5-14-15(19-11)7-12(17)10(2)13(8-15)18-14/h13-18H,3-12H2,1H3;9-14,17H,4-8H2,1-2H3/t13-,14-,15-,16-,17+,18?,19-;9-,10?,11-,12-,13-,14+,15+/m11/s1. The third-order valence-corrected chi connectivity index (χ3v) is 12.3. The number of nitrogens with zero attached hydrogens (tertiary/aromatic N) is 2. The molecule has 0 radical (unpaired) electrons. The van der Waals surface area contributed by atoms with Gasteiger partial charge >= 0.3 is 0 Å². The predicted molar refractivity (Wildman–Crippen MR) is 162 cm³/mol. The van der Waals surface area contributed by atoms with Crippen molar-refractivity contribution in [3.05, 3.63) is 22.8 Å². The van der Waals surface area contributed by atoms with Gasteiger partial charge in [0.15, 0.2) is 5.79 Å². The van der Waals surface area contributed by atoms with E-state index < -0.39 is 0 Å². The second-order valence-corrected chi connectivity index (χ2v) is 15.5. The summed E-state index contributed by atoms with van der Waals surface area (Å²) in [5, 5.41) is 10.2. The van der Waals surface area contributed by atoms with Gasteiger partial charge in [-0.25, -0.2) is 13.1 Å². The second kappa shape index (κ2) is 12.1.